The van der Waals surface area contributed by atoms with Crippen molar-refractivity contribution >= 4 is 0 Å². The molecule has 1 N–H and O–H groups in total. The van der Waals surface area contributed by atoms with E-state index >= 15 is 0 Å². The first-order chi connectivity index (χ1) is 7.20. The molecule has 3 unspecified atom stereocenters. The molecule has 1 aromatic carbocycles. The lowest BCUT2D eigenvalue weighted by Crippen LogP contribution is -2.30. The number of hydrogen-bond donors (Lipinski definition) is 1. The molecule has 2 rings (SSSR count). The molecule has 1 saturated carbocycles. The zero-order chi connectivity index (χ0) is 10.8. The van der Waals surface area contributed by atoms with Gasteiger partial charge in [0, 0.05) is 6.04 Å². The number of nitrogens with one attached hydrogen (secondary N) is 1. The molecular formula is C14H21N. The predicted molar refractivity (Wildman–Crippen MR) is 65.0 cm³/mol. The summed E-state index contributed by atoms with van der Waals surface area (Å²) in [6.07, 6.45) is 2.57. The Morgan fingerprint density at radius 2 is 1.93 bits per heavy atom. The van der Waals surface area contributed by atoms with E-state index in [1.54, 1.807) is 0 Å². The summed E-state index contributed by atoms with van der Waals surface area (Å²) in [4.78, 5) is 0. The molecule has 0 aliphatic heterocycles. The summed E-state index contributed by atoms with van der Waals surface area (Å²) in [5.41, 5.74) is 2.80. The van der Waals surface area contributed by atoms with Crippen LogP contribution in [-0.2, 0) is 6.42 Å². The van der Waals surface area contributed by atoms with Gasteiger partial charge in [0.05, 0.1) is 0 Å². The van der Waals surface area contributed by atoms with Crippen LogP contribution in [0.4, 0.5) is 0 Å². The Morgan fingerprint density at radius 3 is 2.40 bits per heavy atom. The van der Waals surface area contributed by atoms with Crippen LogP contribution in [-0.4, -0.2) is 13.1 Å². The van der Waals surface area contributed by atoms with Crippen LogP contribution in [0.15, 0.2) is 24.3 Å². The highest BCUT2D eigenvalue weighted by atomic mass is 14.9. The van der Waals surface area contributed by atoms with Crippen molar-refractivity contribution in [1.29, 1.82) is 0 Å². The molecule has 15 heavy (non-hydrogen) atoms. The molecule has 1 nitrogen and oxygen atoms in total. The summed E-state index contributed by atoms with van der Waals surface area (Å²) in [6.45, 7) is 4.49. The SMILES string of the molecule is CNC(Cc1ccc(C)cc1)C1CC1C. The molecule has 0 bridgehead atoms. The molecule has 0 radical (unpaired) electrons. The van der Waals surface area contributed by atoms with Crippen molar-refractivity contribution in [3.05, 3.63) is 35.4 Å². The standard InChI is InChI=1S/C14H21N/c1-10-4-6-12(7-5-10)9-14(15-3)13-8-11(13)2/h4-7,11,13-15H,8-9H2,1-3H3. The maximum atomic E-state index is 3.46. The topological polar surface area (TPSA) is 12.0 Å². The van der Waals surface area contributed by atoms with Gasteiger partial charge in [-0.3, -0.25) is 0 Å². The van der Waals surface area contributed by atoms with Crippen LogP contribution >= 0.6 is 0 Å². The molecule has 1 aliphatic rings. The van der Waals surface area contributed by atoms with Gasteiger partial charge < -0.3 is 5.32 Å². The van der Waals surface area contributed by atoms with E-state index in [1.807, 2.05) is 0 Å². The van der Waals surface area contributed by atoms with Crippen LogP contribution in [0.1, 0.15) is 24.5 Å². The Bertz CT molecular complexity index is 315. The first-order valence-corrected chi connectivity index (χ1v) is 5.93. The van der Waals surface area contributed by atoms with E-state index in [0.29, 0.717) is 6.04 Å². The van der Waals surface area contributed by atoms with Gasteiger partial charge in [-0.2, -0.15) is 0 Å². The van der Waals surface area contributed by atoms with E-state index in [4.69, 9.17) is 0 Å². The highest BCUT2D eigenvalue weighted by molar-refractivity contribution is 5.22. The molecule has 0 spiro atoms. The van der Waals surface area contributed by atoms with E-state index in [1.165, 1.54) is 24.0 Å². The number of hydrogen-bond acceptors (Lipinski definition) is 1. The van der Waals surface area contributed by atoms with Crippen LogP contribution in [0.2, 0.25) is 0 Å². The van der Waals surface area contributed by atoms with Gasteiger partial charge in [0.15, 0.2) is 0 Å². The van der Waals surface area contributed by atoms with E-state index in [0.717, 1.165) is 11.8 Å². The molecule has 0 heterocycles. The van der Waals surface area contributed by atoms with E-state index in [-0.39, 0.29) is 0 Å². The average molecular weight is 203 g/mol. The van der Waals surface area contributed by atoms with Gasteiger partial charge in [0.25, 0.3) is 0 Å². The lowest BCUT2D eigenvalue weighted by molar-refractivity contribution is 0.479. The van der Waals surface area contributed by atoms with Crippen LogP contribution in [0.3, 0.4) is 0 Å². The van der Waals surface area contributed by atoms with Gasteiger partial charge in [0.2, 0.25) is 0 Å². The molecular weight excluding hydrogens is 182 g/mol. The molecule has 1 aromatic rings. The normalized spacial score (nSPS) is 26.3. The summed E-state index contributed by atoms with van der Waals surface area (Å²) in [5.74, 6) is 1.82. The van der Waals surface area contributed by atoms with Crippen molar-refractivity contribution in [2.24, 2.45) is 11.8 Å². The lowest BCUT2D eigenvalue weighted by atomic mass is 10.0. The highest BCUT2D eigenvalue weighted by Crippen LogP contribution is 2.41. The lowest BCUT2D eigenvalue weighted by Gasteiger charge is -2.16. The van der Waals surface area contributed by atoms with Gasteiger partial charge >= 0.3 is 0 Å². The fourth-order valence-electron chi connectivity index (χ4n) is 2.36. The molecule has 0 aromatic heterocycles. The molecule has 0 saturated heterocycles. The second-order valence-corrected chi connectivity index (χ2v) is 4.96. The minimum absolute atomic E-state index is 0.669. The summed E-state index contributed by atoms with van der Waals surface area (Å²) in [5, 5.41) is 3.46. The smallest absolute Gasteiger partial charge is 0.0135 e. The van der Waals surface area contributed by atoms with Crippen molar-refractivity contribution in [1.82, 2.24) is 5.32 Å². The largest absolute Gasteiger partial charge is 0.316 e. The summed E-state index contributed by atoms with van der Waals surface area (Å²) >= 11 is 0. The highest BCUT2D eigenvalue weighted by Gasteiger charge is 2.38. The van der Waals surface area contributed by atoms with E-state index in [2.05, 4.69) is 50.5 Å². The quantitative estimate of drug-likeness (QED) is 0.793. The summed E-state index contributed by atoms with van der Waals surface area (Å²) in [7, 11) is 2.09. The second-order valence-electron chi connectivity index (χ2n) is 4.96. The summed E-state index contributed by atoms with van der Waals surface area (Å²) in [6, 6.07) is 9.60. The Labute approximate surface area is 92.9 Å². The van der Waals surface area contributed by atoms with Crippen LogP contribution in [0.25, 0.3) is 0 Å². The van der Waals surface area contributed by atoms with E-state index in [9.17, 15) is 0 Å². The minimum atomic E-state index is 0.669. The zero-order valence-corrected chi connectivity index (χ0v) is 9.96. The van der Waals surface area contributed by atoms with Gasteiger partial charge in [-0.25, -0.2) is 0 Å². The number of benzene rings is 1. The third-order valence-corrected chi connectivity index (χ3v) is 3.64. The molecule has 1 fully saturated rings. The minimum Gasteiger partial charge on any atom is -0.316 e. The third kappa shape index (κ3) is 2.60. The Balaban J connectivity index is 1.97. The Kier molecular flexibility index (Phi) is 3.11. The van der Waals surface area contributed by atoms with Gasteiger partial charge in [0.1, 0.15) is 0 Å². The van der Waals surface area contributed by atoms with Crippen molar-refractivity contribution in [3.63, 3.8) is 0 Å². The van der Waals surface area contributed by atoms with Crippen molar-refractivity contribution in [2.45, 2.75) is 32.7 Å². The van der Waals surface area contributed by atoms with Crippen molar-refractivity contribution in [2.75, 3.05) is 7.05 Å². The monoisotopic (exact) mass is 203 g/mol. The maximum Gasteiger partial charge on any atom is 0.0135 e. The number of likely N-dealkylation sites (N-methyl/N-ethyl adjacent to an activating group) is 1. The summed E-state index contributed by atoms with van der Waals surface area (Å²) < 4.78 is 0. The molecule has 82 valence electrons. The zero-order valence-electron chi connectivity index (χ0n) is 9.96. The molecule has 0 amide bonds. The van der Waals surface area contributed by atoms with Crippen molar-refractivity contribution < 1.29 is 0 Å². The first-order valence-electron chi connectivity index (χ1n) is 5.93. The molecule has 1 heteroatoms. The van der Waals surface area contributed by atoms with Gasteiger partial charge in [-0.05, 0) is 44.2 Å². The van der Waals surface area contributed by atoms with Crippen molar-refractivity contribution in [3.8, 4) is 0 Å². The van der Waals surface area contributed by atoms with E-state index < -0.39 is 0 Å². The number of rotatable bonds is 4. The van der Waals surface area contributed by atoms with Crippen LogP contribution in [0.5, 0.6) is 0 Å². The number of aryl methyl sites for hydroxylation is 1. The predicted octanol–water partition coefficient (Wildman–Crippen LogP) is 2.78. The average Bonchev–Trinajstić information content (AvgIpc) is 2.95. The van der Waals surface area contributed by atoms with Gasteiger partial charge in [-0.15, -0.1) is 0 Å². The fourth-order valence-corrected chi connectivity index (χ4v) is 2.36. The third-order valence-electron chi connectivity index (χ3n) is 3.64. The van der Waals surface area contributed by atoms with Crippen LogP contribution < -0.4 is 5.32 Å². The first kappa shape index (κ1) is 10.7. The molecule has 3 atom stereocenters. The second kappa shape index (κ2) is 4.36. The Morgan fingerprint density at radius 1 is 1.33 bits per heavy atom. The maximum absolute atomic E-state index is 3.46. The fraction of sp³-hybridized carbons (Fsp3) is 0.571. The van der Waals surface area contributed by atoms with Gasteiger partial charge in [-0.1, -0.05) is 36.8 Å². The van der Waals surface area contributed by atoms with Crippen LogP contribution in [0, 0.1) is 18.8 Å². The molecule has 1 aliphatic carbocycles. The Hall–Kier alpha value is -0.820.